The summed E-state index contributed by atoms with van der Waals surface area (Å²) in [7, 11) is 0. The average molecular weight is 134 g/mol. The van der Waals surface area contributed by atoms with Crippen molar-refractivity contribution in [3.8, 4) is 0 Å². The summed E-state index contributed by atoms with van der Waals surface area (Å²) >= 11 is 0. The largest absolute Gasteiger partial charge is 0.200 e. The van der Waals surface area contributed by atoms with Gasteiger partial charge in [-0.15, -0.1) is 0 Å². The van der Waals surface area contributed by atoms with E-state index in [4.69, 9.17) is 0 Å². The van der Waals surface area contributed by atoms with Gasteiger partial charge in [0.05, 0.1) is 6.42 Å². The van der Waals surface area contributed by atoms with Crippen LogP contribution in [0.1, 0.15) is 19.8 Å². The molecule has 0 radical (unpaired) electrons. The lowest BCUT2D eigenvalue weighted by atomic mass is 10.1. The summed E-state index contributed by atoms with van der Waals surface area (Å²) in [4.78, 5) is 0. The first-order valence-electron chi connectivity index (χ1n) is 3.85. The molecule has 1 atom stereocenters. The molecule has 2 rings (SSSR count). The third-order valence-corrected chi connectivity index (χ3v) is 2.19. The van der Waals surface area contributed by atoms with Gasteiger partial charge in [-0.05, 0) is 13.0 Å². The van der Waals surface area contributed by atoms with Crippen molar-refractivity contribution >= 4 is 5.71 Å². The van der Waals surface area contributed by atoms with Crippen molar-refractivity contribution in [2.24, 2.45) is 0 Å². The predicted octanol–water partition coefficient (Wildman–Crippen LogP) is 1.71. The maximum Gasteiger partial charge on any atom is 0.185 e. The standard InChI is InChI=1S/C9H12N/c1-8-4-2-5-9-6-3-7-10(8)9/h2-3,5,7-8H,4,6H2,1H3/q+1. The number of hydrogen-bond donors (Lipinski definition) is 0. The highest BCUT2D eigenvalue weighted by Crippen LogP contribution is 2.13. The van der Waals surface area contributed by atoms with Crippen molar-refractivity contribution in [1.29, 1.82) is 0 Å². The van der Waals surface area contributed by atoms with Crippen molar-refractivity contribution < 1.29 is 4.58 Å². The highest BCUT2D eigenvalue weighted by molar-refractivity contribution is 5.93. The molecule has 0 fully saturated rings. The van der Waals surface area contributed by atoms with Crippen molar-refractivity contribution in [1.82, 2.24) is 0 Å². The number of nitrogens with zero attached hydrogens (tertiary/aromatic N) is 1. The van der Waals surface area contributed by atoms with Crippen LogP contribution in [0.25, 0.3) is 0 Å². The molecule has 52 valence electrons. The minimum atomic E-state index is 0.679. The molecule has 2 aliphatic heterocycles. The van der Waals surface area contributed by atoms with Gasteiger partial charge in [-0.3, -0.25) is 0 Å². The van der Waals surface area contributed by atoms with E-state index in [2.05, 4.69) is 35.9 Å². The van der Waals surface area contributed by atoms with Gasteiger partial charge in [-0.1, -0.05) is 6.08 Å². The molecule has 0 aromatic carbocycles. The van der Waals surface area contributed by atoms with Gasteiger partial charge in [0, 0.05) is 12.5 Å². The van der Waals surface area contributed by atoms with E-state index in [0.29, 0.717) is 6.04 Å². The van der Waals surface area contributed by atoms with Crippen LogP contribution in [0.3, 0.4) is 0 Å². The summed E-state index contributed by atoms with van der Waals surface area (Å²) < 4.78 is 2.36. The van der Waals surface area contributed by atoms with E-state index in [1.165, 1.54) is 12.1 Å². The second-order valence-corrected chi connectivity index (χ2v) is 2.97. The molecule has 1 nitrogen and oxygen atoms in total. The Kier molecular flexibility index (Phi) is 1.23. The maximum atomic E-state index is 2.36. The van der Waals surface area contributed by atoms with E-state index in [0.717, 1.165) is 6.42 Å². The zero-order valence-corrected chi connectivity index (χ0v) is 6.25. The van der Waals surface area contributed by atoms with E-state index >= 15 is 0 Å². The van der Waals surface area contributed by atoms with Gasteiger partial charge >= 0.3 is 0 Å². The number of allylic oxidation sites excluding steroid dienone is 2. The predicted molar refractivity (Wildman–Crippen MR) is 42.2 cm³/mol. The lowest BCUT2D eigenvalue weighted by molar-refractivity contribution is -0.493. The van der Waals surface area contributed by atoms with Gasteiger partial charge in [0.1, 0.15) is 0 Å². The first-order chi connectivity index (χ1) is 4.88. The summed E-state index contributed by atoms with van der Waals surface area (Å²) in [5, 5.41) is 0. The SMILES string of the molecule is CC1CC=CC2=[N+]1C=CC2. The molecule has 0 saturated heterocycles. The highest BCUT2D eigenvalue weighted by atomic mass is 15.0. The van der Waals surface area contributed by atoms with Crippen molar-refractivity contribution in [3.63, 3.8) is 0 Å². The zero-order valence-electron chi connectivity index (χ0n) is 6.25. The molecule has 1 unspecified atom stereocenters. The number of rotatable bonds is 0. The Morgan fingerprint density at radius 1 is 1.50 bits per heavy atom. The summed E-state index contributed by atoms with van der Waals surface area (Å²) in [5.74, 6) is 0. The third-order valence-electron chi connectivity index (χ3n) is 2.19. The molecule has 0 aromatic heterocycles. The van der Waals surface area contributed by atoms with Gasteiger partial charge in [0.25, 0.3) is 0 Å². The maximum absolute atomic E-state index is 2.36. The van der Waals surface area contributed by atoms with E-state index < -0.39 is 0 Å². The first-order valence-corrected chi connectivity index (χ1v) is 3.85. The van der Waals surface area contributed by atoms with Crippen LogP contribution in [0, 0.1) is 0 Å². The monoisotopic (exact) mass is 134 g/mol. The van der Waals surface area contributed by atoms with Crippen LogP contribution in [0.4, 0.5) is 0 Å². The van der Waals surface area contributed by atoms with Crippen LogP contribution in [0.5, 0.6) is 0 Å². The Balaban J connectivity index is 2.37. The van der Waals surface area contributed by atoms with Gasteiger partial charge < -0.3 is 0 Å². The van der Waals surface area contributed by atoms with Crippen LogP contribution >= 0.6 is 0 Å². The molecule has 10 heavy (non-hydrogen) atoms. The normalized spacial score (nSPS) is 29.5. The molecular formula is C9H12N+. The summed E-state index contributed by atoms with van der Waals surface area (Å²) in [6, 6.07) is 0.679. The van der Waals surface area contributed by atoms with Crippen LogP contribution in [-0.2, 0) is 0 Å². The Morgan fingerprint density at radius 2 is 2.40 bits per heavy atom. The molecule has 0 amide bonds. The fourth-order valence-electron chi connectivity index (χ4n) is 1.59. The highest BCUT2D eigenvalue weighted by Gasteiger charge is 2.23. The van der Waals surface area contributed by atoms with Crippen LogP contribution in [0.15, 0.2) is 24.4 Å². The van der Waals surface area contributed by atoms with Crippen LogP contribution in [-0.4, -0.2) is 16.3 Å². The minimum absolute atomic E-state index is 0.679. The lowest BCUT2D eigenvalue weighted by Crippen LogP contribution is -2.23. The molecule has 0 N–H and O–H groups in total. The smallest absolute Gasteiger partial charge is 0.185 e. The Hall–Kier alpha value is -0.850. The third kappa shape index (κ3) is 0.737. The lowest BCUT2D eigenvalue weighted by Gasteiger charge is -2.08. The molecule has 0 aliphatic carbocycles. The van der Waals surface area contributed by atoms with Gasteiger partial charge in [-0.2, -0.15) is 4.58 Å². The molecule has 2 heterocycles. The van der Waals surface area contributed by atoms with Gasteiger partial charge in [0.2, 0.25) is 0 Å². The summed E-state index contributed by atoms with van der Waals surface area (Å²) in [5.41, 5.74) is 1.46. The first kappa shape index (κ1) is 5.90. The van der Waals surface area contributed by atoms with Crippen LogP contribution in [0.2, 0.25) is 0 Å². The topological polar surface area (TPSA) is 3.01 Å². The second kappa shape index (κ2) is 2.08. The second-order valence-electron chi connectivity index (χ2n) is 2.97. The fraction of sp³-hybridized carbons (Fsp3) is 0.444. The Labute approximate surface area is 61.4 Å². The molecular weight excluding hydrogens is 122 g/mol. The molecule has 0 spiro atoms. The molecule has 1 heteroatoms. The molecule has 0 saturated carbocycles. The quantitative estimate of drug-likeness (QED) is 0.444. The van der Waals surface area contributed by atoms with Crippen molar-refractivity contribution in [2.45, 2.75) is 25.8 Å². The summed E-state index contributed by atoms with van der Waals surface area (Å²) in [6.07, 6.45) is 11.2. The van der Waals surface area contributed by atoms with Gasteiger partial charge in [-0.25, -0.2) is 0 Å². The molecule has 0 bridgehead atoms. The van der Waals surface area contributed by atoms with Crippen molar-refractivity contribution in [2.75, 3.05) is 0 Å². The molecule has 2 aliphatic rings. The minimum Gasteiger partial charge on any atom is -0.200 e. The Morgan fingerprint density at radius 3 is 3.20 bits per heavy atom. The number of hydrogen-bond acceptors (Lipinski definition) is 0. The van der Waals surface area contributed by atoms with E-state index in [-0.39, 0.29) is 0 Å². The average Bonchev–Trinajstić information content (AvgIpc) is 2.36. The van der Waals surface area contributed by atoms with E-state index in [1.54, 1.807) is 0 Å². The fourth-order valence-corrected chi connectivity index (χ4v) is 1.59. The van der Waals surface area contributed by atoms with Gasteiger partial charge in [0.15, 0.2) is 18.0 Å². The Bertz CT molecular complexity index is 233. The van der Waals surface area contributed by atoms with E-state index in [1.807, 2.05) is 0 Å². The molecule has 0 aromatic rings. The van der Waals surface area contributed by atoms with Crippen LogP contribution < -0.4 is 0 Å². The van der Waals surface area contributed by atoms with Crippen molar-refractivity contribution in [3.05, 3.63) is 24.4 Å². The van der Waals surface area contributed by atoms with E-state index in [9.17, 15) is 0 Å². The summed E-state index contributed by atoms with van der Waals surface area (Å²) in [6.45, 7) is 2.26. The zero-order chi connectivity index (χ0) is 6.97.